The van der Waals surface area contributed by atoms with Gasteiger partial charge in [0, 0.05) is 15.7 Å². The summed E-state index contributed by atoms with van der Waals surface area (Å²) in [5, 5.41) is 3.50. The number of anilines is 1. The van der Waals surface area contributed by atoms with Gasteiger partial charge in [0.25, 0.3) is 0 Å². The molecular weight excluding hydrogens is 365 g/mol. The number of nitrogens with one attached hydrogen (secondary N) is 1. The molecule has 0 spiro atoms. The second-order valence-corrected chi connectivity index (χ2v) is 7.50. The van der Waals surface area contributed by atoms with Gasteiger partial charge in [-0.25, -0.2) is 0 Å². The Morgan fingerprint density at radius 1 is 1.32 bits per heavy atom. The Morgan fingerprint density at radius 3 is 2.63 bits per heavy atom. The Balaban J connectivity index is 2.23. The van der Waals surface area contributed by atoms with E-state index in [1.165, 1.54) is 16.9 Å². The number of benzene rings is 1. The Labute approximate surface area is 136 Å². The van der Waals surface area contributed by atoms with Crippen molar-refractivity contribution >= 4 is 56.2 Å². The Kier molecular flexibility index (Phi) is 5.18. The summed E-state index contributed by atoms with van der Waals surface area (Å²) in [6, 6.07) is 8.31. The summed E-state index contributed by atoms with van der Waals surface area (Å²) >= 11 is 17.1. The van der Waals surface area contributed by atoms with Gasteiger partial charge >= 0.3 is 0 Å². The highest BCUT2D eigenvalue weighted by molar-refractivity contribution is 9.10. The molecule has 1 aromatic carbocycles. The smallest absolute Gasteiger partial charge is 0.0996 e. The summed E-state index contributed by atoms with van der Waals surface area (Å²) in [6.07, 6.45) is 0.979. The molecule has 1 heterocycles. The minimum absolute atomic E-state index is 0.128. The van der Waals surface area contributed by atoms with Crippen LogP contribution in [0.5, 0.6) is 0 Å². The first-order valence-electron chi connectivity index (χ1n) is 6.01. The Morgan fingerprint density at radius 2 is 2.05 bits per heavy atom. The van der Waals surface area contributed by atoms with E-state index in [1.54, 1.807) is 0 Å². The molecule has 0 radical (unpaired) electrons. The van der Waals surface area contributed by atoms with Gasteiger partial charge in [-0.3, -0.25) is 0 Å². The molecule has 1 atom stereocenters. The van der Waals surface area contributed by atoms with E-state index in [0.717, 1.165) is 30.8 Å². The van der Waals surface area contributed by atoms with Crippen molar-refractivity contribution in [2.24, 2.45) is 0 Å². The molecule has 102 valence electrons. The van der Waals surface area contributed by atoms with Crippen molar-refractivity contribution in [2.75, 3.05) is 5.32 Å². The third-order valence-corrected chi connectivity index (χ3v) is 4.98. The molecule has 2 rings (SSSR count). The summed E-state index contributed by atoms with van der Waals surface area (Å²) in [6.45, 7) is 4.23. The topological polar surface area (TPSA) is 12.0 Å². The minimum Gasteiger partial charge on any atom is -0.378 e. The predicted molar refractivity (Wildman–Crippen MR) is 89.9 cm³/mol. The molecule has 1 unspecified atom stereocenters. The number of halogens is 3. The first-order valence-corrected chi connectivity index (χ1v) is 8.37. The van der Waals surface area contributed by atoms with Crippen LogP contribution in [0.4, 0.5) is 5.69 Å². The first-order chi connectivity index (χ1) is 9.01. The lowest BCUT2D eigenvalue weighted by molar-refractivity contribution is 0.885. The lowest BCUT2D eigenvalue weighted by Gasteiger charge is -2.17. The Bertz CT molecular complexity index is 583. The zero-order valence-electron chi connectivity index (χ0n) is 10.6. The Hall–Kier alpha value is -0.220. The molecule has 0 aliphatic rings. The fourth-order valence-corrected chi connectivity index (χ4v) is 4.01. The van der Waals surface area contributed by atoms with Crippen molar-refractivity contribution in [3.05, 3.63) is 48.5 Å². The van der Waals surface area contributed by atoms with E-state index in [2.05, 4.69) is 47.2 Å². The number of aryl methyl sites for hydroxylation is 1. The van der Waals surface area contributed by atoms with Crippen molar-refractivity contribution in [1.82, 2.24) is 0 Å². The quantitative estimate of drug-likeness (QED) is 0.635. The third kappa shape index (κ3) is 3.66. The average molecular weight is 379 g/mol. The summed E-state index contributed by atoms with van der Waals surface area (Å²) in [5.74, 6) is 0. The lowest BCUT2D eigenvalue weighted by Crippen LogP contribution is -2.07. The molecule has 19 heavy (non-hydrogen) atoms. The maximum atomic E-state index is 6.19. The summed E-state index contributed by atoms with van der Waals surface area (Å²) in [4.78, 5) is 0. The zero-order chi connectivity index (χ0) is 14.0. The van der Waals surface area contributed by atoms with Gasteiger partial charge in [0.15, 0.2) is 0 Å². The van der Waals surface area contributed by atoms with Crippen molar-refractivity contribution in [1.29, 1.82) is 0 Å². The van der Waals surface area contributed by atoms with Crippen molar-refractivity contribution in [2.45, 2.75) is 26.3 Å². The number of rotatable bonds is 4. The summed E-state index contributed by atoms with van der Waals surface area (Å²) in [5.41, 5.74) is 3.46. The lowest BCUT2D eigenvalue weighted by atomic mass is 10.1. The van der Waals surface area contributed by atoms with Gasteiger partial charge < -0.3 is 5.32 Å². The number of hydrogen-bond donors (Lipinski definition) is 1. The van der Waals surface area contributed by atoms with Crippen LogP contribution in [0.15, 0.2) is 28.7 Å². The van der Waals surface area contributed by atoms with Gasteiger partial charge in [0.2, 0.25) is 0 Å². The van der Waals surface area contributed by atoms with Gasteiger partial charge in [0.05, 0.1) is 14.7 Å². The molecular formula is C14H14BrCl2NS. The molecule has 5 heteroatoms. The van der Waals surface area contributed by atoms with E-state index in [-0.39, 0.29) is 6.04 Å². The molecule has 1 aromatic heterocycles. The predicted octanol–water partition coefficient (Wildman–Crippen LogP) is 6.55. The van der Waals surface area contributed by atoms with Crippen molar-refractivity contribution in [3.63, 3.8) is 0 Å². The van der Waals surface area contributed by atoms with Crippen LogP contribution in [0.3, 0.4) is 0 Å². The number of thiophene rings is 1. The van der Waals surface area contributed by atoms with E-state index < -0.39 is 0 Å². The molecule has 0 bridgehead atoms. The van der Waals surface area contributed by atoms with E-state index in [0.29, 0.717) is 0 Å². The maximum absolute atomic E-state index is 6.19. The van der Waals surface area contributed by atoms with Crippen molar-refractivity contribution < 1.29 is 0 Å². The molecule has 2 aromatic rings. The van der Waals surface area contributed by atoms with Crippen LogP contribution in [0.1, 0.15) is 31.0 Å². The fraction of sp³-hybridized carbons (Fsp3) is 0.286. The molecule has 0 aliphatic carbocycles. The summed E-state index contributed by atoms with van der Waals surface area (Å²) in [7, 11) is 0. The summed E-state index contributed by atoms with van der Waals surface area (Å²) < 4.78 is 2.57. The molecule has 0 saturated heterocycles. The van der Waals surface area contributed by atoms with Crippen LogP contribution in [0.25, 0.3) is 0 Å². The van der Waals surface area contributed by atoms with Gasteiger partial charge in [-0.1, -0.05) is 46.1 Å². The van der Waals surface area contributed by atoms with Crippen molar-refractivity contribution in [3.8, 4) is 0 Å². The highest BCUT2D eigenvalue weighted by atomic mass is 79.9. The molecule has 1 N–H and O–H groups in total. The highest BCUT2D eigenvalue weighted by Gasteiger charge is 2.14. The standard InChI is InChI=1S/C14H14BrCl2NS/c1-3-9-6-10(15)4-5-12(9)18-8(2)11-7-13(16)19-14(11)17/h4-8,18H,3H2,1-2H3. The van der Waals surface area contributed by atoms with Crippen LogP contribution < -0.4 is 5.32 Å². The molecule has 0 fully saturated rings. The second-order valence-electron chi connectivity index (χ2n) is 4.30. The minimum atomic E-state index is 0.128. The van der Waals surface area contributed by atoms with Crippen LogP contribution in [0, 0.1) is 0 Å². The fourth-order valence-electron chi connectivity index (χ4n) is 1.95. The normalized spacial score (nSPS) is 12.5. The van der Waals surface area contributed by atoms with Crippen LogP contribution in [-0.4, -0.2) is 0 Å². The second kappa shape index (κ2) is 6.49. The number of hydrogen-bond acceptors (Lipinski definition) is 2. The largest absolute Gasteiger partial charge is 0.378 e. The molecule has 0 amide bonds. The molecule has 1 nitrogen and oxygen atoms in total. The van der Waals surface area contributed by atoms with E-state index in [4.69, 9.17) is 23.2 Å². The molecule has 0 saturated carbocycles. The highest BCUT2D eigenvalue weighted by Crippen LogP contribution is 2.36. The SMILES string of the molecule is CCc1cc(Br)ccc1NC(C)c1cc(Cl)sc1Cl. The first kappa shape index (κ1) is 15.2. The van der Waals surface area contributed by atoms with E-state index >= 15 is 0 Å². The van der Waals surface area contributed by atoms with E-state index in [9.17, 15) is 0 Å². The van der Waals surface area contributed by atoms with Gasteiger partial charge in [-0.05, 0) is 43.2 Å². The average Bonchev–Trinajstić information content (AvgIpc) is 2.70. The third-order valence-electron chi connectivity index (χ3n) is 2.97. The molecule has 0 aliphatic heterocycles. The van der Waals surface area contributed by atoms with Crippen LogP contribution in [0.2, 0.25) is 8.67 Å². The van der Waals surface area contributed by atoms with Crippen LogP contribution in [-0.2, 0) is 6.42 Å². The monoisotopic (exact) mass is 377 g/mol. The maximum Gasteiger partial charge on any atom is 0.0996 e. The zero-order valence-corrected chi connectivity index (χ0v) is 14.6. The van der Waals surface area contributed by atoms with Gasteiger partial charge in [-0.2, -0.15) is 0 Å². The van der Waals surface area contributed by atoms with Gasteiger partial charge in [0.1, 0.15) is 0 Å². The van der Waals surface area contributed by atoms with Gasteiger partial charge in [-0.15, -0.1) is 11.3 Å². The van der Waals surface area contributed by atoms with E-state index in [1.807, 2.05) is 12.1 Å². The van der Waals surface area contributed by atoms with Crippen LogP contribution >= 0.6 is 50.5 Å².